The van der Waals surface area contributed by atoms with E-state index in [0.717, 1.165) is 18.8 Å². The van der Waals surface area contributed by atoms with Gasteiger partial charge in [0, 0.05) is 19.2 Å². The van der Waals surface area contributed by atoms with Crippen LogP contribution in [0.1, 0.15) is 0 Å². The van der Waals surface area contributed by atoms with Gasteiger partial charge in [0.1, 0.15) is 0 Å². The first-order valence-corrected chi connectivity index (χ1v) is 5.74. The van der Waals surface area contributed by atoms with Gasteiger partial charge in [0.05, 0.1) is 39.2 Å². The van der Waals surface area contributed by atoms with Gasteiger partial charge < -0.3 is 68.7 Å². The van der Waals surface area contributed by atoms with Gasteiger partial charge >= 0.3 is 25.2 Å². The SMILES string of the molecule is COc1cc(N2CCOCC2)c(OC)cc1[N+]#N.[Cl-].[Cl-].[Cl-].[Cl-].[Zn+2]. The second kappa shape index (κ2) is 15.3. The first-order valence-electron chi connectivity index (χ1n) is 5.74. The Bertz CT molecular complexity index is 485. The molecule has 0 bridgehead atoms. The molecule has 0 N–H and O–H groups in total. The first kappa shape index (κ1) is 30.6. The Hall–Kier alpha value is -0.217. The largest absolute Gasteiger partial charge is 2.00 e. The average Bonchev–Trinajstić information content (AvgIpc) is 2.46. The van der Waals surface area contributed by atoms with Gasteiger partial charge in [-0.2, -0.15) is 0 Å². The zero-order valence-corrected chi connectivity index (χ0v) is 18.8. The Morgan fingerprint density at radius 3 is 1.96 bits per heavy atom. The number of diazo groups is 1. The molecule has 1 aromatic carbocycles. The van der Waals surface area contributed by atoms with Gasteiger partial charge in [0.2, 0.25) is 11.1 Å². The maximum absolute atomic E-state index is 8.93. The van der Waals surface area contributed by atoms with Crippen LogP contribution in [-0.2, 0) is 24.2 Å². The molecule has 1 aliphatic rings. The zero-order chi connectivity index (χ0) is 13.0. The van der Waals surface area contributed by atoms with E-state index in [1.165, 1.54) is 0 Å². The number of halogens is 4. The molecule has 23 heavy (non-hydrogen) atoms. The molecule has 1 fully saturated rings. The van der Waals surface area contributed by atoms with E-state index < -0.39 is 0 Å². The molecule has 1 heterocycles. The molecule has 6 nitrogen and oxygen atoms in total. The Morgan fingerprint density at radius 2 is 1.52 bits per heavy atom. The number of benzene rings is 1. The van der Waals surface area contributed by atoms with Crippen molar-refractivity contribution in [3.63, 3.8) is 0 Å². The Balaban J connectivity index is -0.000000361. The molecule has 0 amide bonds. The maximum atomic E-state index is 8.93. The minimum absolute atomic E-state index is 0. The molecule has 1 aromatic rings. The Labute approximate surface area is 173 Å². The van der Waals surface area contributed by atoms with Gasteiger partial charge in [0.25, 0.3) is 0 Å². The fraction of sp³-hybridized carbons (Fsp3) is 0.500. The van der Waals surface area contributed by atoms with E-state index in [-0.39, 0.29) is 69.1 Å². The Morgan fingerprint density at radius 1 is 1.00 bits per heavy atom. The molecule has 0 radical (unpaired) electrons. The van der Waals surface area contributed by atoms with E-state index in [9.17, 15) is 0 Å². The van der Waals surface area contributed by atoms with Crippen molar-refractivity contribution in [1.82, 2.24) is 0 Å². The molecule has 0 atom stereocenters. The second-order valence-electron chi connectivity index (χ2n) is 3.90. The van der Waals surface area contributed by atoms with Crippen LogP contribution >= 0.6 is 0 Å². The van der Waals surface area contributed by atoms with Crippen molar-refractivity contribution < 1.29 is 83.3 Å². The molecule has 0 unspecified atom stereocenters. The summed E-state index contributed by atoms with van der Waals surface area (Å²) in [6, 6.07) is 3.48. The van der Waals surface area contributed by atoms with Crippen molar-refractivity contribution in [3.8, 4) is 11.5 Å². The molecule has 0 aromatic heterocycles. The van der Waals surface area contributed by atoms with Gasteiger partial charge in [-0.1, -0.05) is 0 Å². The van der Waals surface area contributed by atoms with E-state index in [1.807, 2.05) is 6.07 Å². The van der Waals surface area contributed by atoms with E-state index >= 15 is 0 Å². The predicted octanol–water partition coefficient (Wildman–Crippen LogP) is -9.96. The molecular weight excluding hydrogens is 441 g/mol. The maximum Gasteiger partial charge on any atom is 2.00 e. The van der Waals surface area contributed by atoms with Crippen LogP contribution in [-0.4, -0.2) is 40.5 Å². The second-order valence-corrected chi connectivity index (χ2v) is 3.90. The van der Waals surface area contributed by atoms with Crippen molar-refractivity contribution in [2.24, 2.45) is 0 Å². The van der Waals surface area contributed by atoms with Gasteiger partial charge in [-0.05, 0) is 0 Å². The normalized spacial score (nSPS) is 11.8. The molecule has 1 aliphatic heterocycles. The number of methoxy groups -OCH3 is 2. The third-order valence-corrected chi connectivity index (χ3v) is 2.94. The van der Waals surface area contributed by atoms with Crippen LogP contribution in [0.5, 0.6) is 11.5 Å². The van der Waals surface area contributed by atoms with Crippen LogP contribution in [0.25, 0.3) is 4.98 Å². The van der Waals surface area contributed by atoms with Crippen LogP contribution in [0.2, 0.25) is 0 Å². The smallest absolute Gasteiger partial charge is 1.00 e. The summed E-state index contributed by atoms with van der Waals surface area (Å²) in [6.45, 7) is 2.99. The molecule has 0 spiro atoms. The molecule has 11 heteroatoms. The molecule has 0 saturated carbocycles. The average molecular weight is 457 g/mol. The number of morpholine rings is 1. The number of nitrogens with zero attached hydrogens (tertiary/aromatic N) is 3. The van der Waals surface area contributed by atoms with E-state index in [1.54, 1.807) is 20.3 Å². The zero-order valence-electron chi connectivity index (χ0n) is 12.8. The third-order valence-electron chi connectivity index (χ3n) is 2.94. The van der Waals surface area contributed by atoms with Crippen LogP contribution in [0.15, 0.2) is 12.1 Å². The van der Waals surface area contributed by atoms with Crippen molar-refractivity contribution >= 4 is 11.4 Å². The van der Waals surface area contributed by atoms with Crippen molar-refractivity contribution in [3.05, 3.63) is 17.1 Å². The fourth-order valence-electron chi connectivity index (χ4n) is 2.00. The van der Waals surface area contributed by atoms with Crippen molar-refractivity contribution in [2.75, 3.05) is 45.4 Å². The third kappa shape index (κ3) is 7.47. The molecule has 128 valence electrons. The number of ether oxygens (including phenoxy) is 3. The topological polar surface area (TPSA) is 59.1 Å². The monoisotopic (exact) mass is 454 g/mol. The van der Waals surface area contributed by atoms with Crippen molar-refractivity contribution in [2.45, 2.75) is 0 Å². The van der Waals surface area contributed by atoms with Gasteiger partial charge in [-0.3, -0.25) is 0 Å². The number of hydrogen-bond acceptors (Lipinski definition) is 5. The minimum Gasteiger partial charge on any atom is -1.00 e. The van der Waals surface area contributed by atoms with Gasteiger partial charge in [0.15, 0.2) is 10.7 Å². The fourth-order valence-corrected chi connectivity index (χ4v) is 2.00. The Kier molecular flexibility index (Phi) is 20.4. The van der Waals surface area contributed by atoms with Crippen LogP contribution in [0, 0.1) is 5.39 Å². The quantitative estimate of drug-likeness (QED) is 0.334. The molecule has 2 rings (SSSR count). The number of hydrogen-bond donors (Lipinski definition) is 0. The summed E-state index contributed by atoms with van der Waals surface area (Å²) in [6.07, 6.45) is 0. The minimum atomic E-state index is 0. The number of rotatable bonds is 3. The first-order chi connectivity index (χ1) is 8.80. The summed E-state index contributed by atoms with van der Waals surface area (Å²) >= 11 is 0. The summed E-state index contributed by atoms with van der Waals surface area (Å²) in [5, 5.41) is 8.93. The van der Waals surface area contributed by atoms with E-state index in [4.69, 9.17) is 19.6 Å². The van der Waals surface area contributed by atoms with Crippen LogP contribution in [0.3, 0.4) is 0 Å². The summed E-state index contributed by atoms with van der Waals surface area (Å²) in [7, 11) is 3.13. The summed E-state index contributed by atoms with van der Waals surface area (Å²) in [5.74, 6) is 1.17. The predicted molar refractivity (Wildman–Crippen MR) is 67.3 cm³/mol. The van der Waals surface area contributed by atoms with Crippen LogP contribution < -0.4 is 64.0 Å². The summed E-state index contributed by atoms with van der Waals surface area (Å²) in [5.41, 5.74) is 1.27. The summed E-state index contributed by atoms with van der Waals surface area (Å²) < 4.78 is 15.9. The molecule has 1 saturated heterocycles. The van der Waals surface area contributed by atoms with Crippen LogP contribution in [0.4, 0.5) is 11.4 Å². The van der Waals surface area contributed by atoms with E-state index in [0.29, 0.717) is 30.4 Å². The molecular formula is C12H16Cl4N3O3Zn-. The van der Waals surface area contributed by atoms with Gasteiger partial charge in [-0.25, -0.2) is 0 Å². The number of anilines is 1. The summed E-state index contributed by atoms with van der Waals surface area (Å²) in [4.78, 5) is 5.35. The van der Waals surface area contributed by atoms with Gasteiger partial charge in [-0.15, -0.1) is 0 Å². The molecule has 0 aliphatic carbocycles. The standard InChI is InChI=1S/C12H16N3O3.4ClH.Zn/c1-16-11-8-10(15-3-5-18-6-4-15)12(17-2)7-9(11)14-13;;;;;/h7-8H,3-6H2,1-2H3;4*1H;/q+1;;;;;+2/p-4. The van der Waals surface area contributed by atoms with E-state index in [2.05, 4.69) is 9.88 Å². The van der Waals surface area contributed by atoms with Crippen molar-refractivity contribution in [1.29, 1.82) is 5.39 Å².